The molecule has 2 nitrogen and oxygen atoms in total. The van der Waals surface area contributed by atoms with E-state index in [9.17, 15) is 4.79 Å². The van der Waals surface area contributed by atoms with E-state index in [0.29, 0.717) is 0 Å². The Balaban J connectivity index is 2.64. The summed E-state index contributed by atoms with van der Waals surface area (Å²) < 4.78 is 5.25. The summed E-state index contributed by atoms with van der Waals surface area (Å²) in [4.78, 5) is 13.0. The highest BCUT2D eigenvalue weighted by molar-refractivity contribution is 6.12. The first-order chi connectivity index (χ1) is 11.4. The quantitative estimate of drug-likeness (QED) is 0.661. The van der Waals surface area contributed by atoms with Gasteiger partial charge in [0.25, 0.3) is 0 Å². The molecule has 0 aliphatic heterocycles. The number of Topliss-reactive ketones (excluding diaryl/α,β-unsaturated/α-hetero) is 1. The molecular formula is C23H30O2. The van der Waals surface area contributed by atoms with Gasteiger partial charge >= 0.3 is 0 Å². The second kappa shape index (κ2) is 6.67. The van der Waals surface area contributed by atoms with Crippen molar-refractivity contribution in [2.45, 2.75) is 48.5 Å². The van der Waals surface area contributed by atoms with Gasteiger partial charge in [-0.3, -0.25) is 4.79 Å². The van der Waals surface area contributed by atoms with Crippen LogP contribution in [0.25, 0.3) is 5.57 Å². The number of hydrogen-bond acceptors (Lipinski definition) is 2. The van der Waals surface area contributed by atoms with Crippen molar-refractivity contribution in [1.29, 1.82) is 0 Å². The van der Waals surface area contributed by atoms with Crippen LogP contribution in [0.3, 0.4) is 0 Å². The van der Waals surface area contributed by atoms with Crippen LogP contribution in [0.1, 0.15) is 54.0 Å². The molecule has 0 atom stereocenters. The molecule has 0 unspecified atom stereocenters. The molecule has 1 aromatic carbocycles. The molecule has 0 N–H and O–H groups in total. The fraction of sp³-hybridized carbons (Fsp3) is 0.435. The monoisotopic (exact) mass is 338 g/mol. The first-order valence-electron chi connectivity index (χ1n) is 8.79. The minimum Gasteiger partial charge on any atom is -0.497 e. The van der Waals surface area contributed by atoms with E-state index in [1.54, 1.807) is 7.11 Å². The standard InChI is InChI=1S/C23H30O2/c1-15(16-9-11-18(25-8)12-10-16)17-13-19(22(2,3)4)21(24)20(14-17)23(5,6)7/h9-14H,1-8H3. The molecule has 0 fully saturated rings. The number of ether oxygens (including phenoxy) is 1. The molecule has 25 heavy (non-hydrogen) atoms. The van der Waals surface area contributed by atoms with Crippen LogP contribution >= 0.6 is 0 Å². The average molecular weight is 338 g/mol. The van der Waals surface area contributed by atoms with Gasteiger partial charge in [0.1, 0.15) is 5.75 Å². The summed E-state index contributed by atoms with van der Waals surface area (Å²) >= 11 is 0. The van der Waals surface area contributed by atoms with Gasteiger partial charge in [-0.1, -0.05) is 53.7 Å². The lowest BCUT2D eigenvalue weighted by Crippen LogP contribution is -2.28. The molecular weight excluding hydrogens is 308 g/mol. The van der Waals surface area contributed by atoms with Gasteiger partial charge in [0, 0.05) is 11.1 Å². The average Bonchev–Trinajstić information content (AvgIpc) is 2.52. The molecule has 0 radical (unpaired) electrons. The summed E-state index contributed by atoms with van der Waals surface area (Å²) in [7, 11) is 1.67. The van der Waals surface area contributed by atoms with E-state index in [2.05, 4.69) is 72.8 Å². The predicted octanol–water partition coefficient (Wildman–Crippen LogP) is 6.00. The molecule has 0 aromatic heterocycles. The van der Waals surface area contributed by atoms with Crippen molar-refractivity contribution in [1.82, 2.24) is 0 Å². The summed E-state index contributed by atoms with van der Waals surface area (Å²) in [6.45, 7) is 14.7. The van der Waals surface area contributed by atoms with Crippen molar-refractivity contribution in [2.24, 2.45) is 10.8 Å². The number of allylic oxidation sites excluding steroid dienone is 6. The predicted molar refractivity (Wildman–Crippen MR) is 106 cm³/mol. The number of carbonyl (C=O) groups is 1. The molecule has 0 saturated heterocycles. The Morgan fingerprint density at radius 2 is 1.28 bits per heavy atom. The molecule has 1 aliphatic carbocycles. The Morgan fingerprint density at radius 1 is 0.840 bits per heavy atom. The van der Waals surface area contributed by atoms with Gasteiger partial charge in [0.15, 0.2) is 5.78 Å². The summed E-state index contributed by atoms with van der Waals surface area (Å²) in [5.74, 6) is 1.02. The number of hydrogen-bond donors (Lipinski definition) is 0. The van der Waals surface area contributed by atoms with Gasteiger partial charge in [-0.15, -0.1) is 0 Å². The topological polar surface area (TPSA) is 26.3 Å². The zero-order chi connectivity index (χ0) is 19.0. The second-order valence-corrected chi connectivity index (χ2v) is 8.75. The molecule has 2 rings (SSSR count). The Hall–Kier alpha value is -2.09. The third-order valence-corrected chi connectivity index (χ3v) is 4.66. The van der Waals surface area contributed by atoms with E-state index in [-0.39, 0.29) is 16.6 Å². The van der Waals surface area contributed by atoms with E-state index in [1.807, 2.05) is 12.1 Å². The highest BCUT2D eigenvalue weighted by Crippen LogP contribution is 2.40. The van der Waals surface area contributed by atoms with E-state index >= 15 is 0 Å². The molecule has 0 saturated carbocycles. The maximum absolute atomic E-state index is 13.0. The maximum Gasteiger partial charge on any atom is 0.186 e. The van der Waals surface area contributed by atoms with Crippen LogP contribution in [0.15, 0.2) is 53.1 Å². The second-order valence-electron chi connectivity index (χ2n) is 8.75. The number of ketones is 1. The van der Waals surface area contributed by atoms with Crippen molar-refractivity contribution in [2.75, 3.05) is 7.11 Å². The number of rotatable bonds is 2. The Bertz CT molecular complexity index is 722. The lowest BCUT2D eigenvalue weighted by atomic mass is 9.71. The lowest BCUT2D eigenvalue weighted by Gasteiger charge is -2.31. The summed E-state index contributed by atoms with van der Waals surface area (Å²) in [6.07, 6.45) is 4.13. The maximum atomic E-state index is 13.0. The molecule has 0 heterocycles. The first kappa shape index (κ1) is 19.2. The van der Waals surface area contributed by atoms with Crippen LogP contribution in [0, 0.1) is 10.8 Å². The normalized spacial score (nSPS) is 15.7. The van der Waals surface area contributed by atoms with Crippen LogP contribution in [-0.2, 0) is 4.79 Å². The van der Waals surface area contributed by atoms with Crippen molar-refractivity contribution in [3.8, 4) is 5.75 Å². The molecule has 2 heteroatoms. The minimum atomic E-state index is -0.187. The van der Waals surface area contributed by atoms with Gasteiger partial charge in [-0.05, 0) is 58.7 Å². The Labute approximate surface area is 152 Å². The van der Waals surface area contributed by atoms with Crippen LogP contribution < -0.4 is 4.74 Å². The summed E-state index contributed by atoms with van der Waals surface area (Å²) in [5.41, 5.74) is 4.80. The Kier molecular flexibility index (Phi) is 5.13. The summed E-state index contributed by atoms with van der Waals surface area (Å²) in [5, 5.41) is 0. The van der Waals surface area contributed by atoms with Crippen LogP contribution in [-0.4, -0.2) is 12.9 Å². The summed E-state index contributed by atoms with van der Waals surface area (Å²) in [6, 6.07) is 8.06. The first-order valence-corrected chi connectivity index (χ1v) is 8.79. The van der Waals surface area contributed by atoms with Gasteiger partial charge < -0.3 is 4.74 Å². The number of methoxy groups -OCH3 is 1. The van der Waals surface area contributed by atoms with Crippen molar-refractivity contribution in [3.05, 3.63) is 58.7 Å². The van der Waals surface area contributed by atoms with Crippen LogP contribution in [0.5, 0.6) is 5.75 Å². The fourth-order valence-electron chi connectivity index (χ4n) is 2.97. The minimum absolute atomic E-state index is 0.172. The Morgan fingerprint density at radius 3 is 1.64 bits per heavy atom. The zero-order valence-corrected chi connectivity index (χ0v) is 16.8. The van der Waals surface area contributed by atoms with Gasteiger partial charge in [0.05, 0.1) is 7.11 Å². The van der Waals surface area contributed by atoms with Crippen LogP contribution in [0.2, 0.25) is 0 Å². The van der Waals surface area contributed by atoms with Crippen LogP contribution in [0.4, 0.5) is 0 Å². The molecule has 0 spiro atoms. The van der Waals surface area contributed by atoms with Gasteiger partial charge in [-0.25, -0.2) is 0 Å². The smallest absolute Gasteiger partial charge is 0.186 e. The van der Waals surface area contributed by atoms with Crippen molar-refractivity contribution < 1.29 is 9.53 Å². The molecule has 1 aliphatic rings. The third kappa shape index (κ3) is 4.12. The highest BCUT2D eigenvalue weighted by Gasteiger charge is 2.34. The number of benzene rings is 1. The fourth-order valence-corrected chi connectivity index (χ4v) is 2.97. The molecule has 0 bridgehead atoms. The number of carbonyl (C=O) groups excluding carboxylic acids is 1. The van der Waals surface area contributed by atoms with E-state index < -0.39 is 0 Å². The molecule has 0 amide bonds. The largest absolute Gasteiger partial charge is 0.497 e. The zero-order valence-electron chi connectivity index (χ0n) is 16.8. The van der Waals surface area contributed by atoms with E-state index in [4.69, 9.17) is 4.74 Å². The van der Waals surface area contributed by atoms with Gasteiger partial charge in [-0.2, -0.15) is 0 Å². The van der Waals surface area contributed by atoms with Gasteiger partial charge in [0.2, 0.25) is 0 Å². The third-order valence-electron chi connectivity index (χ3n) is 4.66. The SMILES string of the molecule is COc1ccc(C(C)=C2C=C(C(C)(C)C)C(=O)C(C(C)(C)C)=C2)cc1. The lowest BCUT2D eigenvalue weighted by molar-refractivity contribution is -0.114. The van der Waals surface area contributed by atoms with E-state index in [1.165, 1.54) is 5.57 Å². The molecule has 134 valence electrons. The van der Waals surface area contributed by atoms with E-state index in [0.717, 1.165) is 28.0 Å². The highest BCUT2D eigenvalue weighted by atomic mass is 16.5. The molecule has 1 aromatic rings. The van der Waals surface area contributed by atoms with Crippen molar-refractivity contribution in [3.63, 3.8) is 0 Å². The van der Waals surface area contributed by atoms with Crippen molar-refractivity contribution >= 4 is 11.4 Å².